The summed E-state index contributed by atoms with van der Waals surface area (Å²) in [6.07, 6.45) is 1.81. The second-order valence-corrected chi connectivity index (χ2v) is 6.28. The summed E-state index contributed by atoms with van der Waals surface area (Å²) in [4.78, 5) is 15.8. The first-order valence-corrected chi connectivity index (χ1v) is 6.96. The van der Waals surface area contributed by atoms with Crippen LogP contribution in [0.15, 0.2) is 16.1 Å². The second-order valence-electron chi connectivity index (χ2n) is 4.89. The van der Waals surface area contributed by atoms with E-state index in [1.54, 1.807) is 14.0 Å². The molecule has 0 aromatic carbocycles. The molecule has 2 atom stereocenters. The summed E-state index contributed by atoms with van der Waals surface area (Å²) in [5.74, 6) is 0.473. The van der Waals surface area contributed by atoms with Crippen LogP contribution in [0.25, 0.3) is 0 Å². The molecular weight excluding hydrogens is 245 g/mol. The Hall–Kier alpha value is -0.690. The molecule has 0 radical (unpaired) electrons. The molecule has 104 valence electrons. The maximum Gasteiger partial charge on any atom is 0.219 e. The highest BCUT2D eigenvalue weighted by molar-refractivity contribution is 7.18. The van der Waals surface area contributed by atoms with E-state index in [1.807, 2.05) is 13.8 Å². The molecule has 4 heteroatoms. The van der Waals surface area contributed by atoms with Gasteiger partial charge in [0.15, 0.2) is 5.78 Å². The van der Waals surface area contributed by atoms with Gasteiger partial charge in [-0.1, -0.05) is 26.3 Å². The highest BCUT2D eigenvalue weighted by atomic mass is 31.0. The molecule has 2 unspecified atom stereocenters. The van der Waals surface area contributed by atoms with Crippen LogP contribution in [0.3, 0.4) is 0 Å². The van der Waals surface area contributed by atoms with Crippen molar-refractivity contribution in [3.63, 3.8) is 0 Å². The number of ether oxygens (including phenoxy) is 1. The molecule has 0 aliphatic carbocycles. The monoisotopic (exact) mass is 271 g/mol. The van der Waals surface area contributed by atoms with Gasteiger partial charge in [-0.15, -0.1) is 9.24 Å². The van der Waals surface area contributed by atoms with Gasteiger partial charge in [0, 0.05) is 12.2 Å². The van der Waals surface area contributed by atoms with Gasteiger partial charge in [0.25, 0.3) is 0 Å². The van der Waals surface area contributed by atoms with E-state index < -0.39 is 0 Å². The molecule has 0 amide bonds. The lowest BCUT2D eigenvalue weighted by atomic mass is 10.0. The van der Waals surface area contributed by atoms with E-state index in [-0.39, 0.29) is 10.9 Å². The average molecular weight is 271 g/mol. The first-order valence-electron chi connectivity index (χ1n) is 6.38. The van der Waals surface area contributed by atoms with Crippen LogP contribution >= 0.6 is 9.24 Å². The largest absolute Gasteiger partial charge is 0.476 e. The van der Waals surface area contributed by atoms with E-state index in [0.717, 1.165) is 18.4 Å². The van der Waals surface area contributed by atoms with Crippen molar-refractivity contribution in [3.8, 4) is 0 Å². The van der Waals surface area contributed by atoms with Gasteiger partial charge >= 0.3 is 0 Å². The summed E-state index contributed by atoms with van der Waals surface area (Å²) in [6.45, 7) is 10.3. The normalized spacial score (nSPS) is 16.9. The Kier molecular flexibility index (Phi) is 7.39. The molecular formula is C14H26NO2P. The van der Waals surface area contributed by atoms with Gasteiger partial charge in [-0.25, -0.2) is 0 Å². The maximum absolute atomic E-state index is 11.7. The first-order chi connectivity index (χ1) is 8.29. The molecule has 0 fully saturated rings. The van der Waals surface area contributed by atoms with Crippen molar-refractivity contribution >= 4 is 20.9 Å². The molecule has 18 heavy (non-hydrogen) atoms. The topological polar surface area (TPSA) is 38.7 Å². The summed E-state index contributed by atoms with van der Waals surface area (Å²) in [5, 5.41) is 0.0119. The molecule has 0 bridgehead atoms. The second kappa shape index (κ2) is 7.68. The van der Waals surface area contributed by atoms with E-state index >= 15 is 0 Å². The molecule has 0 spiro atoms. The Morgan fingerprint density at radius 2 is 1.89 bits per heavy atom. The number of aliphatic imine (C=N–C) groups is 1. The third-order valence-corrected chi connectivity index (χ3v) is 3.65. The van der Waals surface area contributed by atoms with Crippen molar-refractivity contribution < 1.29 is 9.53 Å². The standard InChI is InChI=1S/C14H26NO2P/c1-7-10(3)12(11(4)16)13(15-6)17-9-14(5,18)8-2/h7-9,18H2,1-6H3/b12-10+,15-13?. The predicted molar refractivity (Wildman–Crippen MR) is 81.4 cm³/mol. The fraction of sp³-hybridized carbons (Fsp3) is 0.714. The zero-order valence-corrected chi connectivity index (χ0v) is 13.6. The highest BCUT2D eigenvalue weighted by Crippen LogP contribution is 2.23. The molecule has 0 aromatic rings. The molecule has 0 saturated carbocycles. The van der Waals surface area contributed by atoms with Gasteiger partial charge in [-0.3, -0.25) is 9.79 Å². The van der Waals surface area contributed by atoms with Crippen molar-refractivity contribution in [2.45, 2.75) is 52.6 Å². The van der Waals surface area contributed by atoms with Gasteiger partial charge in [0.1, 0.15) is 0 Å². The lowest BCUT2D eigenvalue weighted by molar-refractivity contribution is -0.113. The zero-order valence-electron chi connectivity index (χ0n) is 12.5. The molecule has 0 aliphatic heterocycles. The van der Waals surface area contributed by atoms with Gasteiger partial charge in [-0.2, -0.15) is 0 Å². The van der Waals surface area contributed by atoms with Crippen LogP contribution in [0.1, 0.15) is 47.5 Å². The van der Waals surface area contributed by atoms with Crippen molar-refractivity contribution in [1.29, 1.82) is 0 Å². The molecule has 0 rings (SSSR count). The minimum absolute atomic E-state index is 0.0110. The van der Waals surface area contributed by atoms with Crippen LogP contribution in [-0.2, 0) is 9.53 Å². The van der Waals surface area contributed by atoms with Crippen LogP contribution in [-0.4, -0.2) is 30.5 Å². The molecule has 0 aliphatic rings. The lowest BCUT2D eigenvalue weighted by Crippen LogP contribution is -2.26. The summed E-state index contributed by atoms with van der Waals surface area (Å²) >= 11 is 0. The Bertz CT molecular complexity index is 357. The van der Waals surface area contributed by atoms with Crippen LogP contribution < -0.4 is 0 Å². The molecule has 0 aromatic heterocycles. The zero-order chi connectivity index (χ0) is 14.3. The summed E-state index contributed by atoms with van der Waals surface area (Å²) in [7, 11) is 4.45. The lowest BCUT2D eigenvalue weighted by Gasteiger charge is -2.23. The van der Waals surface area contributed by atoms with E-state index in [9.17, 15) is 4.79 Å². The van der Waals surface area contributed by atoms with Crippen molar-refractivity contribution in [2.75, 3.05) is 13.7 Å². The van der Waals surface area contributed by atoms with Gasteiger partial charge in [0.2, 0.25) is 5.90 Å². The van der Waals surface area contributed by atoms with Crippen LogP contribution in [0, 0.1) is 0 Å². The van der Waals surface area contributed by atoms with E-state index in [4.69, 9.17) is 4.74 Å². The average Bonchev–Trinajstić information content (AvgIpc) is 2.33. The number of nitrogens with zero attached hydrogens (tertiary/aromatic N) is 1. The van der Waals surface area contributed by atoms with Gasteiger partial charge in [0.05, 0.1) is 12.2 Å². The number of ketones is 1. The van der Waals surface area contributed by atoms with Gasteiger partial charge in [-0.05, 0) is 26.7 Å². The summed E-state index contributed by atoms with van der Waals surface area (Å²) in [6, 6.07) is 0. The third-order valence-electron chi connectivity index (χ3n) is 3.07. The van der Waals surface area contributed by atoms with Crippen molar-refractivity contribution in [1.82, 2.24) is 0 Å². The number of carbonyl (C=O) groups is 1. The predicted octanol–water partition coefficient (Wildman–Crippen LogP) is 3.39. The number of allylic oxidation sites excluding steroid dienone is 1. The number of rotatable bonds is 6. The SMILES string of the molecule is CC/C(C)=C(\C(C)=O)C(=NC)OCC(C)(P)CC. The van der Waals surface area contributed by atoms with Gasteiger partial charge < -0.3 is 4.74 Å². The van der Waals surface area contributed by atoms with Crippen LogP contribution in [0.5, 0.6) is 0 Å². The Balaban J connectivity index is 5.04. The molecule has 0 saturated heterocycles. The summed E-state index contributed by atoms with van der Waals surface area (Å²) < 4.78 is 5.74. The number of hydrogen-bond donors (Lipinski definition) is 0. The maximum atomic E-state index is 11.7. The van der Waals surface area contributed by atoms with Crippen LogP contribution in [0.2, 0.25) is 0 Å². The fourth-order valence-corrected chi connectivity index (χ4v) is 1.48. The van der Waals surface area contributed by atoms with E-state index in [2.05, 4.69) is 28.1 Å². The first kappa shape index (κ1) is 17.3. The quantitative estimate of drug-likeness (QED) is 0.321. The number of Topliss-reactive ketones (excluding diaryl/α,β-unsaturated/α-hetero) is 1. The smallest absolute Gasteiger partial charge is 0.219 e. The van der Waals surface area contributed by atoms with Crippen molar-refractivity contribution in [3.05, 3.63) is 11.1 Å². The minimum atomic E-state index is 0.0110. The van der Waals surface area contributed by atoms with E-state index in [1.165, 1.54) is 0 Å². The molecule has 0 heterocycles. The number of hydrogen-bond acceptors (Lipinski definition) is 3. The molecule has 0 N–H and O–H groups in total. The Morgan fingerprint density at radius 3 is 2.22 bits per heavy atom. The number of carbonyl (C=O) groups excluding carboxylic acids is 1. The minimum Gasteiger partial charge on any atom is -0.476 e. The Labute approximate surface area is 113 Å². The van der Waals surface area contributed by atoms with Crippen LogP contribution in [0.4, 0.5) is 0 Å². The summed E-state index contributed by atoms with van der Waals surface area (Å²) in [5.41, 5.74) is 1.64. The molecule has 3 nitrogen and oxygen atoms in total. The third kappa shape index (κ3) is 5.30. The van der Waals surface area contributed by atoms with E-state index in [0.29, 0.717) is 18.1 Å². The highest BCUT2D eigenvalue weighted by Gasteiger charge is 2.21. The Morgan fingerprint density at radius 1 is 1.33 bits per heavy atom. The van der Waals surface area contributed by atoms with Crippen molar-refractivity contribution in [2.24, 2.45) is 4.99 Å². The fourth-order valence-electron chi connectivity index (χ4n) is 1.39.